The molecule has 0 amide bonds. The van der Waals surface area contributed by atoms with Gasteiger partial charge in [-0.05, 0) is 36.4 Å². The minimum atomic E-state index is 0.183. The zero-order valence-electron chi connectivity index (χ0n) is 17.4. The van der Waals surface area contributed by atoms with Gasteiger partial charge in [-0.15, -0.1) is 0 Å². The Morgan fingerprint density at radius 3 is 2.63 bits per heavy atom. The summed E-state index contributed by atoms with van der Waals surface area (Å²) in [5.74, 6) is 2.58. The van der Waals surface area contributed by atoms with Crippen molar-refractivity contribution < 1.29 is 18.9 Å². The summed E-state index contributed by atoms with van der Waals surface area (Å²) in [5, 5.41) is 0.693. The fraction of sp³-hybridized carbons (Fsp3) is 0.478. The number of rotatable bonds is 9. The van der Waals surface area contributed by atoms with E-state index < -0.39 is 0 Å². The van der Waals surface area contributed by atoms with E-state index in [1.165, 1.54) is 0 Å². The average molecular weight is 433 g/mol. The molecule has 2 saturated heterocycles. The lowest BCUT2D eigenvalue weighted by Crippen LogP contribution is -2.53. The lowest BCUT2D eigenvalue weighted by molar-refractivity contribution is 0.0141. The molecule has 0 unspecified atom stereocenters. The number of hydrogen-bond acceptors (Lipinski definition) is 6. The minimum Gasteiger partial charge on any atom is -0.496 e. The number of nitrogens with zero attached hydrogens (tertiary/aromatic N) is 2. The number of methoxy groups -OCH3 is 1. The van der Waals surface area contributed by atoms with Crippen LogP contribution >= 0.6 is 11.6 Å². The molecule has 7 heteroatoms. The van der Waals surface area contributed by atoms with E-state index in [1.807, 2.05) is 36.4 Å². The summed E-state index contributed by atoms with van der Waals surface area (Å²) in [4.78, 5) is 4.71. The van der Waals surface area contributed by atoms with E-state index in [4.69, 9.17) is 30.5 Å². The molecule has 0 radical (unpaired) electrons. The molecule has 2 heterocycles. The number of morpholine rings is 1. The Morgan fingerprint density at radius 1 is 1.03 bits per heavy atom. The van der Waals surface area contributed by atoms with E-state index in [2.05, 4.69) is 15.9 Å². The second-order valence-corrected chi connectivity index (χ2v) is 8.10. The van der Waals surface area contributed by atoms with Crippen LogP contribution in [0.2, 0.25) is 5.02 Å². The average Bonchev–Trinajstić information content (AvgIpc) is 2.73. The molecule has 2 aliphatic rings. The standard InChI is InChI=1S/C23H29ClN2O4/c1-27-23-6-5-20(29-12-9-25-7-10-28-11-8-25)13-18(23)15-26-16-22(17-26)30-21-4-2-3-19(24)14-21/h2-6,13-14,22H,7-12,15-17H2,1H3. The van der Waals surface area contributed by atoms with E-state index in [9.17, 15) is 0 Å². The van der Waals surface area contributed by atoms with Gasteiger partial charge in [0.15, 0.2) is 0 Å². The highest BCUT2D eigenvalue weighted by atomic mass is 35.5. The molecular weight excluding hydrogens is 404 g/mol. The Labute approximate surface area is 183 Å². The molecule has 0 saturated carbocycles. The first kappa shape index (κ1) is 21.2. The van der Waals surface area contributed by atoms with Gasteiger partial charge in [-0.3, -0.25) is 9.80 Å². The normalized spacial score (nSPS) is 18.1. The van der Waals surface area contributed by atoms with Gasteiger partial charge in [0.25, 0.3) is 0 Å². The van der Waals surface area contributed by atoms with Gasteiger partial charge in [0, 0.05) is 49.9 Å². The highest BCUT2D eigenvalue weighted by molar-refractivity contribution is 6.30. The molecule has 0 bridgehead atoms. The predicted molar refractivity (Wildman–Crippen MR) is 117 cm³/mol. The van der Waals surface area contributed by atoms with E-state index >= 15 is 0 Å². The van der Waals surface area contributed by atoms with E-state index in [0.717, 1.165) is 75.3 Å². The summed E-state index contributed by atoms with van der Waals surface area (Å²) < 4.78 is 22.9. The number of halogens is 1. The molecule has 4 rings (SSSR count). The van der Waals surface area contributed by atoms with E-state index in [0.29, 0.717) is 11.6 Å². The first-order valence-electron chi connectivity index (χ1n) is 10.4. The van der Waals surface area contributed by atoms with Crippen LogP contribution < -0.4 is 14.2 Å². The van der Waals surface area contributed by atoms with E-state index in [-0.39, 0.29) is 6.10 Å². The van der Waals surface area contributed by atoms with Crippen molar-refractivity contribution in [2.24, 2.45) is 0 Å². The molecular formula is C23H29ClN2O4. The fourth-order valence-corrected chi connectivity index (χ4v) is 3.97. The Balaban J connectivity index is 1.26. The molecule has 30 heavy (non-hydrogen) atoms. The van der Waals surface area contributed by atoms with Crippen LogP contribution in [0.15, 0.2) is 42.5 Å². The third kappa shape index (κ3) is 5.79. The maximum absolute atomic E-state index is 6.03. The molecule has 6 nitrogen and oxygen atoms in total. The SMILES string of the molecule is COc1ccc(OCCN2CCOCC2)cc1CN1CC(Oc2cccc(Cl)c2)C1. The first-order valence-corrected chi connectivity index (χ1v) is 10.8. The quantitative estimate of drug-likeness (QED) is 0.605. The number of benzene rings is 2. The molecule has 162 valence electrons. The molecule has 2 aromatic rings. The van der Waals surface area contributed by atoms with Crippen molar-refractivity contribution in [2.45, 2.75) is 12.6 Å². The number of likely N-dealkylation sites (tertiary alicyclic amines) is 1. The second kappa shape index (κ2) is 10.4. The predicted octanol–water partition coefficient (Wildman–Crippen LogP) is 3.32. The van der Waals surface area contributed by atoms with Crippen LogP contribution in [0, 0.1) is 0 Å². The maximum Gasteiger partial charge on any atom is 0.124 e. The van der Waals surface area contributed by atoms with Crippen molar-refractivity contribution in [2.75, 3.05) is 59.7 Å². The number of hydrogen-bond donors (Lipinski definition) is 0. The lowest BCUT2D eigenvalue weighted by Gasteiger charge is -2.39. The second-order valence-electron chi connectivity index (χ2n) is 7.67. The van der Waals surface area contributed by atoms with Crippen LogP contribution in [0.3, 0.4) is 0 Å². The third-order valence-electron chi connectivity index (χ3n) is 5.45. The summed E-state index contributed by atoms with van der Waals surface area (Å²) in [5.41, 5.74) is 1.13. The van der Waals surface area contributed by atoms with Gasteiger partial charge < -0.3 is 18.9 Å². The zero-order chi connectivity index (χ0) is 20.8. The van der Waals surface area contributed by atoms with Gasteiger partial charge >= 0.3 is 0 Å². The first-order chi connectivity index (χ1) is 14.7. The monoisotopic (exact) mass is 432 g/mol. The summed E-state index contributed by atoms with van der Waals surface area (Å²) in [6.45, 7) is 7.71. The summed E-state index contributed by atoms with van der Waals surface area (Å²) in [7, 11) is 1.71. The topological polar surface area (TPSA) is 43.4 Å². The molecule has 0 N–H and O–H groups in total. The van der Waals surface area contributed by atoms with Crippen LogP contribution in [0.4, 0.5) is 0 Å². The van der Waals surface area contributed by atoms with Gasteiger partial charge in [0.05, 0.1) is 20.3 Å². The summed E-state index contributed by atoms with van der Waals surface area (Å²) in [6, 6.07) is 13.6. The van der Waals surface area contributed by atoms with Gasteiger partial charge in [0.2, 0.25) is 0 Å². The van der Waals surface area contributed by atoms with Crippen LogP contribution in [0.1, 0.15) is 5.56 Å². The van der Waals surface area contributed by atoms with Gasteiger partial charge in [0.1, 0.15) is 30.0 Å². The summed E-state index contributed by atoms with van der Waals surface area (Å²) >= 11 is 6.03. The molecule has 0 aliphatic carbocycles. The van der Waals surface area contributed by atoms with Crippen molar-refractivity contribution in [3.8, 4) is 17.2 Å². The molecule has 0 aromatic heterocycles. The maximum atomic E-state index is 6.03. The van der Waals surface area contributed by atoms with Crippen molar-refractivity contribution in [3.63, 3.8) is 0 Å². The van der Waals surface area contributed by atoms with Crippen LogP contribution in [-0.2, 0) is 11.3 Å². The highest BCUT2D eigenvalue weighted by Crippen LogP contribution is 2.28. The van der Waals surface area contributed by atoms with Gasteiger partial charge in [-0.1, -0.05) is 17.7 Å². The third-order valence-corrected chi connectivity index (χ3v) is 5.68. The Morgan fingerprint density at radius 2 is 1.87 bits per heavy atom. The van der Waals surface area contributed by atoms with Crippen LogP contribution in [-0.4, -0.2) is 75.6 Å². The minimum absolute atomic E-state index is 0.183. The molecule has 2 aromatic carbocycles. The molecule has 0 spiro atoms. The fourth-order valence-electron chi connectivity index (χ4n) is 3.79. The van der Waals surface area contributed by atoms with Gasteiger partial charge in [-0.25, -0.2) is 0 Å². The lowest BCUT2D eigenvalue weighted by atomic mass is 10.1. The largest absolute Gasteiger partial charge is 0.496 e. The molecule has 2 fully saturated rings. The van der Waals surface area contributed by atoms with Gasteiger partial charge in [-0.2, -0.15) is 0 Å². The van der Waals surface area contributed by atoms with E-state index in [1.54, 1.807) is 7.11 Å². The Kier molecular flexibility index (Phi) is 7.33. The molecule has 0 atom stereocenters. The highest BCUT2D eigenvalue weighted by Gasteiger charge is 2.29. The van der Waals surface area contributed by atoms with Crippen molar-refractivity contribution in [1.82, 2.24) is 9.80 Å². The molecule has 2 aliphatic heterocycles. The zero-order valence-corrected chi connectivity index (χ0v) is 18.1. The van der Waals surface area contributed by atoms with Crippen LogP contribution in [0.25, 0.3) is 0 Å². The summed E-state index contributed by atoms with van der Waals surface area (Å²) in [6.07, 6.45) is 0.183. The van der Waals surface area contributed by atoms with Crippen molar-refractivity contribution >= 4 is 11.6 Å². The van der Waals surface area contributed by atoms with Crippen molar-refractivity contribution in [1.29, 1.82) is 0 Å². The van der Waals surface area contributed by atoms with Crippen LogP contribution in [0.5, 0.6) is 17.2 Å². The number of ether oxygens (including phenoxy) is 4. The Bertz CT molecular complexity index is 823. The smallest absolute Gasteiger partial charge is 0.124 e. The van der Waals surface area contributed by atoms with Crippen molar-refractivity contribution in [3.05, 3.63) is 53.1 Å². The Hall–Kier alpha value is -1.99.